The average Bonchev–Trinajstić information content (AvgIpc) is 3.54. The molecule has 0 aliphatic carbocycles. The highest BCUT2D eigenvalue weighted by Gasteiger charge is 2.24. The van der Waals surface area contributed by atoms with E-state index in [0.29, 0.717) is 29.4 Å². The van der Waals surface area contributed by atoms with Crippen molar-refractivity contribution in [1.29, 1.82) is 0 Å². The molecule has 1 atom stereocenters. The molecule has 38 heavy (non-hydrogen) atoms. The molecule has 0 spiro atoms. The number of carbonyl (C=O) groups excluding carboxylic acids is 1. The Kier molecular flexibility index (Phi) is 7.47. The Bertz CT molecular complexity index is 1510. The number of carboxylic acid groups (broad SMARTS) is 1. The van der Waals surface area contributed by atoms with E-state index in [9.17, 15) is 9.59 Å². The fourth-order valence-corrected chi connectivity index (χ4v) is 4.75. The molecule has 8 heteroatoms. The number of nitrogens with zero attached hydrogens (tertiary/aromatic N) is 3. The zero-order chi connectivity index (χ0) is 26.5. The Labute approximate surface area is 221 Å². The van der Waals surface area contributed by atoms with E-state index in [0.717, 1.165) is 42.3 Å². The van der Waals surface area contributed by atoms with Gasteiger partial charge < -0.3 is 15.4 Å². The third kappa shape index (κ3) is 5.90. The van der Waals surface area contributed by atoms with Crippen molar-refractivity contribution in [2.75, 3.05) is 18.9 Å². The number of aromatic nitrogens is 3. The molecule has 0 saturated carbocycles. The lowest BCUT2D eigenvalue weighted by Gasteiger charge is -2.17. The van der Waals surface area contributed by atoms with Gasteiger partial charge in [-0.3, -0.25) is 9.69 Å². The molecule has 5 rings (SSSR count). The number of rotatable bonds is 7. The number of likely N-dealkylation sites (tertiary alicyclic amines) is 1. The van der Waals surface area contributed by atoms with Gasteiger partial charge in [0.15, 0.2) is 0 Å². The molecule has 4 heterocycles. The number of aromatic carboxylic acids is 1. The Morgan fingerprint density at radius 2 is 1.97 bits per heavy atom. The summed E-state index contributed by atoms with van der Waals surface area (Å²) in [6.07, 6.45) is 8.04. The monoisotopic (exact) mass is 507 g/mol. The van der Waals surface area contributed by atoms with Gasteiger partial charge in [-0.1, -0.05) is 24.0 Å². The maximum Gasteiger partial charge on any atom is 0.354 e. The highest BCUT2D eigenvalue weighted by atomic mass is 16.4. The molecule has 4 aromatic rings. The second-order valence-corrected chi connectivity index (χ2v) is 9.56. The first-order chi connectivity index (χ1) is 18.5. The van der Waals surface area contributed by atoms with Crippen molar-refractivity contribution in [2.24, 2.45) is 0 Å². The average molecular weight is 508 g/mol. The second kappa shape index (κ2) is 11.3. The molecule has 0 radical (unpaired) electrons. The maximum absolute atomic E-state index is 12.8. The molecule has 0 unspecified atom stereocenters. The fraction of sp³-hybridized carbons (Fsp3) is 0.267. The number of pyridine rings is 2. The van der Waals surface area contributed by atoms with Crippen LogP contribution in [0.2, 0.25) is 0 Å². The highest BCUT2D eigenvalue weighted by Crippen LogP contribution is 2.32. The molecule has 1 saturated heterocycles. The van der Waals surface area contributed by atoms with Crippen LogP contribution in [0.4, 0.5) is 5.82 Å². The second-order valence-electron chi connectivity index (χ2n) is 9.56. The maximum atomic E-state index is 12.8. The van der Waals surface area contributed by atoms with Crippen molar-refractivity contribution in [2.45, 2.75) is 38.1 Å². The minimum absolute atomic E-state index is 0.00636. The van der Waals surface area contributed by atoms with Crippen molar-refractivity contribution in [3.8, 4) is 11.8 Å². The normalized spacial score (nSPS) is 15.2. The fourth-order valence-electron chi connectivity index (χ4n) is 4.75. The van der Waals surface area contributed by atoms with Crippen molar-refractivity contribution in [1.82, 2.24) is 19.9 Å². The number of nitrogens with one attached hydrogen (secondary N) is 2. The zero-order valence-corrected chi connectivity index (χ0v) is 21.2. The minimum Gasteiger partial charge on any atom is -0.477 e. The number of amides is 1. The summed E-state index contributed by atoms with van der Waals surface area (Å²) in [5.41, 5.74) is 4.57. The lowest BCUT2D eigenvalue weighted by atomic mass is 10.1. The smallest absolute Gasteiger partial charge is 0.354 e. The zero-order valence-electron chi connectivity index (χ0n) is 21.2. The van der Waals surface area contributed by atoms with Crippen molar-refractivity contribution < 1.29 is 14.7 Å². The molecular formula is C30H29N5O3. The molecule has 1 amide bonds. The Hall–Kier alpha value is -4.48. The lowest BCUT2D eigenvalue weighted by molar-refractivity contribution is 0.0690. The van der Waals surface area contributed by atoms with Crippen LogP contribution in [0.3, 0.4) is 0 Å². The van der Waals surface area contributed by atoms with Crippen LogP contribution in [0.5, 0.6) is 0 Å². The Morgan fingerprint density at radius 1 is 1.13 bits per heavy atom. The number of hydrogen-bond acceptors (Lipinski definition) is 5. The van der Waals surface area contributed by atoms with Gasteiger partial charge in [0.25, 0.3) is 5.91 Å². The van der Waals surface area contributed by atoms with Crippen molar-refractivity contribution in [3.63, 3.8) is 0 Å². The third-order valence-electron chi connectivity index (χ3n) is 6.84. The molecule has 1 aromatic carbocycles. The summed E-state index contributed by atoms with van der Waals surface area (Å²) in [7, 11) is 2.15. The first-order valence-electron chi connectivity index (χ1n) is 12.7. The summed E-state index contributed by atoms with van der Waals surface area (Å²) < 4.78 is 0. The van der Waals surface area contributed by atoms with E-state index in [2.05, 4.69) is 50.1 Å². The summed E-state index contributed by atoms with van der Waals surface area (Å²) >= 11 is 0. The molecule has 1 aliphatic heterocycles. The van der Waals surface area contributed by atoms with Crippen LogP contribution in [0, 0.1) is 11.8 Å². The van der Waals surface area contributed by atoms with Crippen LogP contribution in [-0.2, 0) is 6.42 Å². The van der Waals surface area contributed by atoms with Crippen LogP contribution < -0.4 is 5.32 Å². The lowest BCUT2D eigenvalue weighted by Crippen LogP contribution is -2.17. The molecular weight excluding hydrogens is 478 g/mol. The van der Waals surface area contributed by atoms with E-state index in [-0.39, 0.29) is 11.6 Å². The van der Waals surface area contributed by atoms with E-state index in [1.807, 2.05) is 30.3 Å². The predicted octanol–water partition coefficient (Wildman–Crippen LogP) is 5.05. The van der Waals surface area contributed by atoms with E-state index < -0.39 is 5.97 Å². The number of anilines is 1. The summed E-state index contributed by atoms with van der Waals surface area (Å²) in [5.74, 6) is 5.37. The first-order valence-corrected chi connectivity index (χ1v) is 12.7. The third-order valence-corrected chi connectivity index (χ3v) is 6.84. The van der Waals surface area contributed by atoms with Crippen molar-refractivity contribution in [3.05, 3.63) is 89.0 Å². The molecule has 0 bridgehead atoms. The highest BCUT2D eigenvalue weighted by molar-refractivity contribution is 6.04. The molecule has 8 nitrogen and oxygen atoms in total. The summed E-state index contributed by atoms with van der Waals surface area (Å²) in [4.78, 5) is 37.8. The van der Waals surface area contributed by atoms with Gasteiger partial charge in [-0.25, -0.2) is 14.8 Å². The molecule has 1 aliphatic rings. The van der Waals surface area contributed by atoms with Gasteiger partial charge in [0.1, 0.15) is 11.5 Å². The topological polar surface area (TPSA) is 111 Å². The summed E-state index contributed by atoms with van der Waals surface area (Å²) in [5, 5.41) is 12.8. The Morgan fingerprint density at radius 3 is 2.68 bits per heavy atom. The number of hydrogen-bond donors (Lipinski definition) is 3. The van der Waals surface area contributed by atoms with Gasteiger partial charge in [-0.15, -0.1) is 0 Å². The van der Waals surface area contributed by atoms with E-state index >= 15 is 0 Å². The quantitative estimate of drug-likeness (QED) is 0.238. The van der Waals surface area contributed by atoms with Crippen LogP contribution in [0.1, 0.15) is 69.4 Å². The molecule has 1 fully saturated rings. The largest absolute Gasteiger partial charge is 0.477 e. The van der Waals surface area contributed by atoms with Crippen LogP contribution >= 0.6 is 0 Å². The van der Waals surface area contributed by atoms with Gasteiger partial charge in [-0.2, -0.15) is 0 Å². The Balaban J connectivity index is 1.13. The number of benzene rings is 1. The van der Waals surface area contributed by atoms with E-state index in [1.165, 1.54) is 24.4 Å². The van der Waals surface area contributed by atoms with Gasteiger partial charge >= 0.3 is 5.97 Å². The number of fused-ring (bicyclic) bond motifs is 1. The summed E-state index contributed by atoms with van der Waals surface area (Å²) in [6, 6.07) is 15.1. The number of carboxylic acids is 1. The molecule has 3 aromatic heterocycles. The number of aromatic amines is 1. The van der Waals surface area contributed by atoms with Crippen LogP contribution in [0.15, 0.2) is 60.9 Å². The van der Waals surface area contributed by atoms with Crippen LogP contribution in [0.25, 0.3) is 10.9 Å². The van der Waals surface area contributed by atoms with Gasteiger partial charge in [-0.05, 0) is 75.2 Å². The minimum atomic E-state index is -1.05. The summed E-state index contributed by atoms with van der Waals surface area (Å²) in [6.45, 7) is 1.11. The van der Waals surface area contributed by atoms with Gasteiger partial charge in [0.2, 0.25) is 0 Å². The van der Waals surface area contributed by atoms with Gasteiger partial charge in [0, 0.05) is 53.1 Å². The molecule has 192 valence electrons. The van der Waals surface area contributed by atoms with E-state index in [4.69, 9.17) is 5.11 Å². The number of carbonyl (C=O) groups is 2. The number of unbranched alkanes of at least 4 members (excludes halogenated alkanes) is 1. The van der Waals surface area contributed by atoms with Gasteiger partial charge in [0.05, 0.1) is 5.52 Å². The van der Waals surface area contributed by atoms with Crippen LogP contribution in [-0.4, -0.2) is 50.4 Å². The standard InChI is InChI=1S/C30H29N5O3/c1-35-15-5-8-27(35)26-16-23-19-32-28(17-25(23)33-26)34-29(36)22-12-9-20(10-13-22)6-3-2-4-7-21-11-14-24(30(37)38)31-18-21/h9-14,16-19,27,33H,2-3,5-6,8,15H2,1H3,(H,37,38)(H,32,34,36)/t27-/m1/s1. The number of H-pyrrole nitrogens is 1. The van der Waals surface area contributed by atoms with Crippen molar-refractivity contribution >= 4 is 28.6 Å². The predicted molar refractivity (Wildman–Crippen MR) is 146 cm³/mol. The first kappa shape index (κ1) is 25.2. The number of aryl methyl sites for hydroxylation is 1. The van der Waals surface area contributed by atoms with E-state index in [1.54, 1.807) is 12.3 Å². The molecule has 3 N–H and O–H groups in total. The SMILES string of the molecule is CN1CCC[C@@H]1c1cc2cnc(NC(=O)c3ccc(CCCC#Cc4ccc(C(=O)O)nc4)cc3)cc2[nH]1.